The number of benzene rings is 1. The molecule has 2 rings (SSSR count). The number of halogens is 1. The highest BCUT2D eigenvalue weighted by Crippen LogP contribution is 2.27. The van der Waals surface area contributed by atoms with Crippen LogP contribution in [0.5, 0.6) is 5.75 Å². The third-order valence-corrected chi connectivity index (χ3v) is 4.26. The van der Waals surface area contributed by atoms with Gasteiger partial charge in [-0.05, 0) is 24.1 Å². The Bertz CT molecular complexity index is 607. The number of hydrogen-bond acceptors (Lipinski definition) is 4. The molecule has 1 aliphatic heterocycles. The SMILES string of the molecule is COc1ccc(Cl)cc1NCCC(=O)N1CCNC(=O)C1C(C)C. The Morgan fingerprint density at radius 2 is 2.25 bits per heavy atom. The van der Waals surface area contributed by atoms with Crippen molar-refractivity contribution < 1.29 is 14.3 Å². The van der Waals surface area contributed by atoms with Gasteiger partial charge >= 0.3 is 0 Å². The van der Waals surface area contributed by atoms with Crippen LogP contribution in [0.2, 0.25) is 5.02 Å². The van der Waals surface area contributed by atoms with Gasteiger partial charge in [0.15, 0.2) is 0 Å². The third-order valence-electron chi connectivity index (χ3n) is 4.02. The molecule has 2 N–H and O–H groups in total. The highest BCUT2D eigenvalue weighted by molar-refractivity contribution is 6.30. The van der Waals surface area contributed by atoms with Gasteiger partial charge in [-0.3, -0.25) is 9.59 Å². The summed E-state index contributed by atoms with van der Waals surface area (Å²) >= 11 is 5.99. The Hall–Kier alpha value is -1.95. The standard InChI is InChI=1S/C17H24ClN3O3/c1-11(2)16-17(23)20-8-9-21(16)15(22)6-7-19-13-10-12(18)4-5-14(13)24-3/h4-5,10-11,16,19H,6-9H2,1-3H3,(H,20,23). The fourth-order valence-corrected chi connectivity index (χ4v) is 3.07. The smallest absolute Gasteiger partial charge is 0.243 e. The summed E-state index contributed by atoms with van der Waals surface area (Å²) in [5.74, 6) is 0.644. The van der Waals surface area contributed by atoms with E-state index in [0.29, 0.717) is 36.8 Å². The molecule has 24 heavy (non-hydrogen) atoms. The molecule has 0 spiro atoms. The number of nitrogens with one attached hydrogen (secondary N) is 2. The molecule has 2 amide bonds. The third kappa shape index (κ3) is 4.32. The van der Waals surface area contributed by atoms with Gasteiger partial charge in [-0.15, -0.1) is 0 Å². The van der Waals surface area contributed by atoms with E-state index in [2.05, 4.69) is 10.6 Å². The lowest BCUT2D eigenvalue weighted by molar-refractivity contribution is -0.144. The van der Waals surface area contributed by atoms with E-state index in [1.807, 2.05) is 13.8 Å². The Labute approximate surface area is 147 Å². The summed E-state index contributed by atoms with van der Waals surface area (Å²) in [7, 11) is 1.58. The number of ether oxygens (including phenoxy) is 1. The van der Waals surface area contributed by atoms with Crippen LogP contribution in [-0.2, 0) is 9.59 Å². The van der Waals surface area contributed by atoms with Gasteiger partial charge in [0.2, 0.25) is 11.8 Å². The van der Waals surface area contributed by atoms with Crippen LogP contribution in [0.4, 0.5) is 5.69 Å². The van der Waals surface area contributed by atoms with Gasteiger partial charge < -0.3 is 20.3 Å². The Morgan fingerprint density at radius 3 is 2.92 bits per heavy atom. The lowest BCUT2D eigenvalue weighted by Crippen LogP contribution is -2.59. The second kappa shape index (κ2) is 8.24. The summed E-state index contributed by atoms with van der Waals surface area (Å²) in [5.41, 5.74) is 0.745. The molecule has 0 bridgehead atoms. The highest BCUT2D eigenvalue weighted by Gasteiger charge is 2.34. The first-order valence-corrected chi connectivity index (χ1v) is 8.46. The van der Waals surface area contributed by atoms with Crippen molar-refractivity contribution >= 4 is 29.1 Å². The maximum Gasteiger partial charge on any atom is 0.243 e. The van der Waals surface area contributed by atoms with E-state index in [1.54, 1.807) is 30.2 Å². The molecular formula is C17H24ClN3O3. The number of carbonyl (C=O) groups excluding carboxylic acids is 2. The molecule has 1 fully saturated rings. The van der Waals surface area contributed by atoms with Crippen molar-refractivity contribution in [1.29, 1.82) is 0 Å². The summed E-state index contributed by atoms with van der Waals surface area (Å²) in [6.07, 6.45) is 0.298. The molecule has 1 aliphatic rings. The van der Waals surface area contributed by atoms with Gasteiger partial charge in [0, 0.05) is 31.1 Å². The molecule has 0 saturated carbocycles. The lowest BCUT2D eigenvalue weighted by atomic mass is 9.99. The van der Waals surface area contributed by atoms with Gasteiger partial charge in [-0.1, -0.05) is 25.4 Å². The van der Waals surface area contributed by atoms with Crippen molar-refractivity contribution in [2.45, 2.75) is 26.3 Å². The fraction of sp³-hybridized carbons (Fsp3) is 0.529. The summed E-state index contributed by atoms with van der Waals surface area (Å²) < 4.78 is 5.27. The minimum atomic E-state index is -0.396. The average Bonchev–Trinajstić information content (AvgIpc) is 2.54. The molecule has 1 aromatic carbocycles. The van der Waals surface area contributed by atoms with E-state index >= 15 is 0 Å². The zero-order chi connectivity index (χ0) is 17.7. The van der Waals surface area contributed by atoms with Crippen molar-refractivity contribution in [3.63, 3.8) is 0 Å². The van der Waals surface area contributed by atoms with Gasteiger partial charge in [0.1, 0.15) is 11.8 Å². The van der Waals surface area contributed by atoms with E-state index in [0.717, 1.165) is 5.69 Å². The van der Waals surface area contributed by atoms with E-state index in [-0.39, 0.29) is 17.7 Å². The molecule has 1 saturated heterocycles. The number of hydrogen-bond donors (Lipinski definition) is 2. The van der Waals surface area contributed by atoms with Crippen LogP contribution in [0, 0.1) is 5.92 Å². The molecule has 1 aromatic rings. The Kier molecular flexibility index (Phi) is 6.31. The normalized spacial score (nSPS) is 17.6. The van der Waals surface area contributed by atoms with Crippen LogP contribution in [-0.4, -0.2) is 49.5 Å². The van der Waals surface area contributed by atoms with Crippen molar-refractivity contribution in [2.24, 2.45) is 5.92 Å². The molecule has 1 atom stereocenters. The van der Waals surface area contributed by atoms with Gasteiger partial charge in [-0.25, -0.2) is 0 Å². The van der Waals surface area contributed by atoms with Crippen LogP contribution >= 0.6 is 11.6 Å². The highest BCUT2D eigenvalue weighted by atomic mass is 35.5. The first kappa shape index (κ1) is 18.4. The second-order valence-electron chi connectivity index (χ2n) is 6.09. The largest absolute Gasteiger partial charge is 0.495 e. The molecule has 6 nitrogen and oxygen atoms in total. The van der Waals surface area contributed by atoms with Crippen LogP contribution in [0.25, 0.3) is 0 Å². The minimum Gasteiger partial charge on any atom is -0.495 e. The van der Waals surface area contributed by atoms with Crippen molar-refractivity contribution in [3.8, 4) is 5.75 Å². The van der Waals surface area contributed by atoms with E-state index in [1.165, 1.54) is 0 Å². The van der Waals surface area contributed by atoms with E-state index < -0.39 is 6.04 Å². The van der Waals surface area contributed by atoms with Crippen LogP contribution in [0.1, 0.15) is 20.3 Å². The molecular weight excluding hydrogens is 330 g/mol. The number of piperazine rings is 1. The summed E-state index contributed by atoms with van der Waals surface area (Å²) in [4.78, 5) is 26.2. The van der Waals surface area contributed by atoms with Crippen LogP contribution < -0.4 is 15.4 Å². The summed E-state index contributed by atoms with van der Waals surface area (Å²) in [6.45, 7) is 5.39. The van der Waals surface area contributed by atoms with Gasteiger partial charge in [0.05, 0.1) is 12.8 Å². The first-order chi connectivity index (χ1) is 11.4. The first-order valence-electron chi connectivity index (χ1n) is 8.08. The fourth-order valence-electron chi connectivity index (χ4n) is 2.89. The summed E-state index contributed by atoms with van der Waals surface area (Å²) in [5, 5.41) is 6.59. The van der Waals surface area contributed by atoms with Crippen molar-refractivity contribution in [2.75, 3.05) is 32.1 Å². The lowest BCUT2D eigenvalue weighted by Gasteiger charge is -2.37. The Balaban J connectivity index is 1.95. The van der Waals surface area contributed by atoms with Gasteiger partial charge in [0.25, 0.3) is 0 Å². The molecule has 7 heteroatoms. The zero-order valence-electron chi connectivity index (χ0n) is 14.3. The van der Waals surface area contributed by atoms with E-state index in [9.17, 15) is 9.59 Å². The predicted molar refractivity (Wildman–Crippen MR) is 94.5 cm³/mol. The molecule has 1 unspecified atom stereocenters. The van der Waals surface area contributed by atoms with Crippen molar-refractivity contribution in [1.82, 2.24) is 10.2 Å². The maximum absolute atomic E-state index is 12.5. The van der Waals surface area contributed by atoms with Crippen LogP contribution in [0.3, 0.4) is 0 Å². The number of methoxy groups -OCH3 is 1. The number of amides is 2. The molecule has 132 valence electrons. The molecule has 0 radical (unpaired) electrons. The predicted octanol–water partition coefficient (Wildman–Crippen LogP) is 2.13. The quantitative estimate of drug-likeness (QED) is 0.822. The summed E-state index contributed by atoms with van der Waals surface area (Å²) in [6, 6.07) is 4.88. The number of rotatable bonds is 6. The number of carbonyl (C=O) groups is 2. The minimum absolute atomic E-state index is 0.0305. The Morgan fingerprint density at radius 1 is 1.50 bits per heavy atom. The zero-order valence-corrected chi connectivity index (χ0v) is 15.0. The molecule has 0 aromatic heterocycles. The van der Waals surface area contributed by atoms with Crippen LogP contribution in [0.15, 0.2) is 18.2 Å². The van der Waals surface area contributed by atoms with Gasteiger partial charge in [-0.2, -0.15) is 0 Å². The number of nitrogens with zero attached hydrogens (tertiary/aromatic N) is 1. The maximum atomic E-state index is 12.5. The average molecular weight is 354 g/mol. The monoisotopic (exact) mass is 353 g/mol. The van der Waals surface area contributed by atoms with Crippen molar-refractivity contribution in [3.05, 3.63) is 23.2 Å². The molecule has 1 heterocycles. The second-order valence-corrected chi connectivity index (χ2v) is 6.52. The molecule has 0 aliphatic carbocycles. The van der Waals surface area contributed by atoms with E-state index in [4.69, 9.17) is 16.3 Å². The topological polar surface area (TPSA) is 70.7 Å². The number of anilines is 1.